The molecule has 2 aromatic carbocycles. The van der Waals surface area contributed by atoms with Crippen LogP contribution >= 0.6 is 11.3 Å². The number of para-hydroxylation sites is 1. The number of carbonyl (C=O) groups excluding carboxylic acids is 1. The highest BCUT2D eigenvalue weighted by Gasteiger charge is 2.08. The maximum absolute atomic E-state index is 12.1. The van der Waals surface area contributed by atoms with E-state index in [1.165, 1.54) is 11.3 Å². The summed E-state index contributed by atoms with van der Waals surface area (Å²) in [4.78, 5) is 20.8. The minimum atomic E-state index is -0.192. The molecule has 0 aliphatic rings. The van der Waals surface area contributed by atoms with Crippen molar-refractivity contribution in [3.63, 3.8) is 0 Å². The van der Waals surface area contributed by atoms with Crippen LogP contribution in [0.15, 0.2) is 72.2 Å². The van der Waals surface area contributed by atoms with E-state index < -0.39 is 0 Å². The smallest absolute Gasteiger partial charge is 0.257 e. The van der Waals surface area contributed by atoms with Gasteiger partial charge >= 0.3 is 0 Å². The lowest BCUT2D eigenvalue weighted by atomic mass is 10.2. The van der Waals surface area contributed by atoms with Gasteiger partial charge in [0, 0.05) is 22.5 Å². The van der Waals surface area contributed by atoms with Crippen LogP contribution in [0, 0.1) is 0 Å². The molecule has 0 atom stereocenters. The van der Waals surface area contributed by atoms with Crippen molar-refractivity contribution in [1.29, 1.82) is 0 Å². The molecule has 4 aromatic rings. The Morgan fingerprint density at radius 1 is 1.04 bits per heavy atom. The van der Waals surface area contributed by atoms with Crippen LogP contribution in [-0.4, -0.2) is 15.9 Å². The van der Waals surface area contributed by atoms with Crippen LogP contribution in [0.1, 0.15) is 16.1 Å². The van der Waals surface area contributed by atoms with E-state index in [0.717, 1.165) is 16.6 Å². The van der Waals surface area contributed by atoms with Gasteiger partial charge in [-0.2, -0.15) is 0 Å². The molecule has 0 aliphatic heterocycles. The fraction of sp³-hybridized carbons (Fsp3) is 0.0500. The normalized spacial score (nSPS) is 10.6. The average Bonchev–Trinajstić information content (AvgIpc) is 3.19. The Kier molecular flexibility index (Phi) is 4.57. The number of aromatic nitrogens is 2. The molecule has 26 heavy (non-hydrogen) atoms. The van der Waals surface area contributed by atoms with Crippen molar-refractivity contribution in [1.82, 2.24) is 9.97 Å². The number of anilines is 1. The first kappa shape index (κ1) is 16.2. The molecule has 2 heterocycles. The summed E-state index contributed by atoms with van der Waals surface area (Å²) in [7, 11) is 0. The Morgan fingerprint density at radius 3 is 2.69 bits per heavy atom. The van der Waals surface area contributed by atoms with Gasteiger partial charge in [-0.25, -0.2) is 9.97 Å². The van der Waals surface area contributed by atoms with E-state index in [0.29, 0.717) is 23.1 Å². The number of ether oxygens (including phenoxy) is 1. The molecule has 0 bridgehead atoms. The van der Waals surface area contributed by atoms with Crippen molar-refractivity contribution in [2.75, 3.05) is 5.32 Å². The van der Waals surface area contributed by atoms with Gasteiger partial charge in [0.25, 0.3) is 5.91 Å². The SMILES string of the molecule is O=C(Nc1nccs1)c1ccc(OCc2ccc3ccccc3n2)cc1. The molecule has 0 spiro atoms. The fourth-order valence-electron chi connectivity index (χ4n) is 2.50. The third-order valence-corrected chi connectivity index (χ3v) is 4.50. The first-order valence-corrected chi connectivity index (χ1v) is 8.94. The number of hydrogen-bond donors (Lipinski definition) is 1. The molecule has 5 nitrogen and oxygen atoms in total. The van der Waals surface area contributed by atoms with Gasteiger partial charge in [-0.15, -0.1) is 11.3 Å². The van der Waals surface area contributed by atoms with Crippen LogP contribution in [0.4, 0.5) is 5.13 Å². The molecular formula is C20H15N3O2S. The monoisotopic (exact) mass is 361 g/mol. The van der Waals surface area contributed by atoms with E-state index in [-0.39, 0.29) is 5.91 Å². The van der Waals surface area contributed by atoms with E-state index in [4.69, 9.17) is 4.74 Å². The van der Waals surface area contributed by atoms with Crippen LogP contribution in [-0.2, 0) is 6.61 Å². The van der Waals surface area contributed by atoms with E-state index in [1.807, 2.05) is 41.8 Å². The van der Waals surface area contributed by atoms with Gasteiger partial charge in [0.1, 0.15) is 12.4 Å². The standard InChI is InChI=1S/C20H15N3O2S/c24-19(23-20-21-11-12-26-20)15-6-9-17(10-7-15)25-13-16-8-5-14-3-1-2-4-18(14)22-16/h1-12H,13H2,(H,21,23,24). The molecule has 1 amide bonds. The lowest BCUT2D eigenvalue weighted by molar-refractivity contribution is 0.102. The summed E-state index contributed by atoms with van der Waals surface area (Å²) >= 11 is 1.38. The van der Waals surface area contributed by atoms with Crippen LogP contribution in [0.3, 0.4) is 0 Å². The Labute approximate surface area is 154 Å². The van der Waals surface area contributed by atoms with Gasteiger partial charge in [-0.3, -0.25) is 10.1 Å². The lowest BCUT2D eigenvalue weighted by Crippen LogP contribution is -2.11. The minimum Gasteiger partial charge on any atom is -0.487 e. The predicted molar refractivity (Wildman–Crippen MR) is 103 cm³/mol. The van der Waals surface area contributed by atoms with Crippen molar-refractivity contribution in [3.05, 3.63) is 83.5 Å². The maximum atomic E-state index is 12.1. The highest BCUT2D eigenvalue weighted by molar-refractivity contribution is 7.13. The number of nitrogens with zero attached hydrogens (tertiary/aromatic N) is 2. The Morgan fingerprint density at radius 2 is 1.88 bits per heavy atom. The summed E-state index contributed by atoms with van der Waals surface area (Å²) in [6, 6.07) is 19.0. The number of thiazole rings is 1. The minimum absolute atomic E-state index is 0.192. The Hall–Kier alpha value is -3.25. The molecule has 1 N–H and O–H groups in total. The van der Waals surface area contributed by atoms with E-state index >= 15 is 0 Å². The van der Waals surface area contributed by atoms with Gasteiger partial charge in [-0.05, 0) is 36.4 Å². The zero-order valence-electron chi connectivity index (χ0n) is 13.8. The topological polar surface area (TPSA) is 64.1 Å². The molecule has 4 rings (SSSR count). The van der Waals surface area contributed by atoms with Crippen LogP contribution in [0.5, 0.6) is 5.75 Å². The summed E-state index contributed by atoms with van der Waals surface area (Å²) in [6.45, 7) is 0.371. The maximum Gasteiger partial charge on any atom is 0.257 e. The number of rotatable bonds is 5. The lowest BCUT2D eigenvalue weighted by Gasteiger charge is -2.08. The second-order valence-electron chi connectivity index (χ2n) is 5.60. The number of hydrogen-bond acceptors (Lipinski definition) is 5. The molecule has 128 valence electrons. The van der Waals surface area contributed by atoms with E-state index in [1.54, 1.807) is 30.5 Å². The fourth-order valence-corrected chi connectivity index (χ4v) is 3.03. The molecule has 0 unspecified atom stereocenters. The van der Waals surface area contributed by atoms with Crippen molar-refractivity contribution in [2.45, 2.75) is 6.61 Å². The van der Waals surface area contributed by atoms with Gasteiger partial charge < -0.3 is 4.74 Å². The first-order valence-electron chi connectivity index (χ1n) is 8.06. The quantitative estimate of drug-likeness (QED) is 0.567. The van der Waals surface area contributed by atoms with Crippen LogP contribution in [0.25, 0.3) is 10.9 Å². The molecule has 2 aromatic heterocycles. The number of pyridine rings is 1. The third kappa shape index (κ3) is 3.70. The largest absolute Gasteiger partial charge is 0.487 e. The summed E-state index contributed by atoms with van der Waals surface area (Å²) in [6.07, 6.45) is 1.65. The zero-order valence-corrected chi connectivity index (χ0v) is 14.6. The highest BCUT2D eigenvalue weighted by atomic mass is 32.1. The Bertz CT molecular complexity index is 1030. The third-order valence-electron chi connectivity index (χ3n) is 3.81. The molecular weight excluding hydrogens is 346 g/mol. The van der Waals surface area contributed by atoms with Crippen molar-refractivity contribution < 1.29 is 9.53 Å². The van der Waals surface area contributed by atoms with Gasteiger partial charge in [0.2, 0.25) is 0 Å². The average molecular weight is 361 g/mol. The molecule has 0 radical (unpaired) electrons. The second-order valence-corrected chi connectivity index (χ2v) is 6.49. The molecule has 0 aliphatic carbocycles. The molecule has 0 saturated heterocycles. The summed E-state index contributed by atoms with van der Waals surface area (Å²) in [5.74, 6) is 0.494. The number of amides is 1. The van der Waals surface area contributed by atoms with Gasteiger partial charge in [0.05, 0.1) is 11.2 Å². The number of fused-ring (bicyclic) bond motifs is 1. The van der Waals surface area contributed by atoms with Crippen molar-refractivity contribution >= 4 is 33.3 Å². The second kappa shape index (κ2) is 7.33. The van der Waals surface area contributed by atoms with Crippen LogP contribution in [0.2, 0.25) is 0 Å². The number of carbonyl (C=O) groups is 1. The zero-order chi connectivity index (χ0) is 17.8. The predicted octanol–water partition coefficient (Wildman–Crippen LogP) is 4.52. The van der Waals surface area contributed by atoms with Crippen molar-refractivity contribution in [3.8, 4) is 5.75 Å². The molecule has 6 heteroatoms. The van der Waals surface area contributed by atoms with Crippen LogP contribution < -0.4 is 10.1 Å². The van der Waals surface area contributed by atoms with E-state index in [9.17, 15) is 4.79 Å². The number of benzene rings is 2. The first-order chi connectivity index (χ1) is 12.8. The van der Waals surface area contributed by atoms with E-state index in [2.05, 4.69) is 15.3 Å². The van der Waals surface area contributed by atoms with Crippen molar-refractivity contribution in [2.24, 2.45) is 0 Å². The van der Waals surface area contributed by atoms with Gasteiger partial charge in [0.15, 0.2) is 5.13 Å². The van der Waals surface area contributed by atoms with Gasteiger partial charge in [-0.1, -0.05) is 24.3 Å². The number of nitrogens with one attached hydrogen (secondary N) is 1. The highest BCUT2D eigenvalue weighted by Crippen LogP contribution is 2.17. The molecule has 0 saturated carbocycles. The summed E-state index contributed by atoms with van der Waals surface area (Å²) in [5, 5.41) is 6.25. The summed E-state index contributed by atoms with van der Waals surface area (Å²) < 4.78 is 5.78. The summed E-state index contributed by atoms with van der Waals surface area (Å²) in [5.41, 5.74) is 2.36. The Balaban J connectivity index is 1.39. The molecule has 0 fully saturated rings.